The summed E-state index contributed by atoms with van der Waals surface area (Å²) in [7, 11) is 1.41. The highest BCUT2D eigenvalue weighted by atomic mass is 19.1. The molecule has 18 heavy (non-hydrogen) atoms. The van der Waals surface area contributed by atoms with E-state index in [2.05, 4.69) is 0 Å². The average molecular weight is 256 g/mol. The molecule has 0 spiro atoms. The molecule has 1 aromatic carbocycles. The molecule has 0 amide bonds. The number of carboxylic acid groups (broad SMARTS) is 1. The predicted molar refractivity (Wildman–Crippen MR) is 64.8 cm³/mol. The van der Waals surface area contributed by atoms with Crippen LogP contribution < -0.4 is 9.47 Å². The van der Waals surface area contributed by atoms with Crippen LogP contribution in [0.1, 0.15) is 32.3 Å². The summed E-state index contributed by atoms with van der Waals surface area (Å²) in [5, 5.41) is 8.92. The van der Waals surface area contributed by atoms with E-state index in [0.29, 0.717) is 5.75 Å². The molecule has 0 heterocycles. The quantitative estimate of drug-likeness (QED) is 0.880. The van der Waals surface area contributed by atoms with E-state index in [9.17, 15) is 9.18 Å². The smallest absolute Gasteiger partial charge is 0.310 e. The number of hydrogen-bond acceptors (Lipinski definition) is 3. The van der Waals surface area contributed by atoms with Crippen LogP contribution in [0.2, 0.25) is 0 Å². The van der Waals surface area contributed by atoms with E-state index < -0.39 is 17.7 Å². The van der Waals surface area contributed by atoms with Crippen molar-refractivity contribution in [2.75, 3.05) is 7.11 Å². The van der Waals surface area contributed by atoms with Gasteiger partial charge in [-0.25, -0.2) is 4.39 Å². The molecule has 1 atom stereocenters. The highest BCUT2D eigenvalue weighted by molar-refractivity contribution is 5.76. The molecule has 0 aliphatic rings. The van der Waals surface area contributed by atoms with Gasteiger partial charge in [0.1, 0.15) is 5.82 Å². The lowest BCUT2D eigenvalue weighted by Gasteiger charge is -2.16. The Morgan fingerprint density at radius 1 is 1.28 bits per heavy atom. The molecule has 1 rings (SSSR count). The highest BCUT2D eigenvalue weighted by Gasteiger charge is 2.21. The van der Waals surface area contributed by atoms with E-state index in [1.807, 2.05) is 13.8 Å². The highest BCUT2D eigenvalue weighted by Crippen LogP contribution is 2.34. The van der Waals surface area contributed by atoms with Crippen LogP contribution in [0.4, 0.5) is 4.39 Å². The Morgan fingerprint density at radius 3 is 2.33 bits per heavy atom. The minimum Gasteiger partial charge on any atom is -0.493 e. The van der Waals surface area contributed by atoms with Crippen LogP contribution >= 0.6 is 0 Å². The fraction of sp³-hybridized carbons (Fsp3) is 0.462. The number of methoxy groups -OCH3 is 1. The largest absolute Gasteiger partial charge is 0.493 e. The number of rotatable bonds is 5. The van der Waals surface area contributed by atoms with Crippen LogP contribution in [0.15, 0.2) is 12.1 Å². The summed E-state index contributed by atoms with van der Waals surface area (Å²) in [6.07, 6.45) is -0.114. The second kappa shape index (κ2) is 5.71. The lowest BCUT2D eigenvalue weighted by Crippen LogP contribution is -2.12. The van der Waals surface area contributed by atoms with Gasteiger partial charge in [-0.05, 0) is 26.8 Å². The van der Waals surface area contributed by atoms with Gasteiger partial charge < -0.3 is 14.6 Å². The van der Waals surface area contributed by atoms with Crippen molar-refractivity contribution in [2.24, 2.45) is 0 Å². The van der Waals surface area contributed by atoms with Crippen molar-refractivity contribution in [3.8, 4) is 11.5 Å². The second-order valence-corrected chi connectivity index (χ2v) is 4.25. The van der Waals surface area contributed by atoms with E-state index in [4.69, 9.17) is 14.6 Å². The van der Waals surface area contributed by atoms with Gasteiger partial charge in [0.05, 0.1) is 19.1 Å². The topological polar surface area (TPSA) is 55.8 Å². The fourth-order valence-electron chi connectivity index (χ4n) is 1.52. The van der Waals surface area contributed by atoms with Crippen LogP contribution in [0.3, 0.4) is 0 Å². The number of benzene rings is 1. The molecule has 0 aliphatic carbocycles. The molecule has 0 bridgehead atoms. The zero-order chi connectivity index (χ0) is 13.9. The molecule has 4 nitrogen and oxygen atoms in total. The van der Waals surface area contributed by atoms with Gasteiger partial charge in [-0.1, -0.05) is 0 Å². The fourth-order valence-corrected chi connectivity index (χ4v) is 1.52. The zero-order valence-corrected chi connectivity index (χ0v) is 10.9. The maximum absolute atomic E-state index is 13.8. The average Bonchev–Trinajstić information content (AvgIpc) is 2.29. The minimum atomic E-state index is -1.09. The summed E-state index contributed by atoms with van der Waals surface area (Å²) in [5.41, 5.74) is 0.0824. The Bertz CT molecular complexity index is 443. The van der Waals surface area contributed by atoms with Gasteiger partial charge in [0, 0.05) is 11.6 Å². The number of carboxylic acids is 1. The molecule has 1 aromatic rings. The first-order valence-electron chi connectivity index (χ1n) is 5.63. The molecular formula is C13H17FO4. The van der Waals surface area contributed by atoms with Crippen LogP contribution in [0.25, 0.3) is 0 Å². The summed E-state index contributed by atoms with van der Waals surface area (Å²) in [6.45, 7) is 5.07. The van der Waals surface area contributed by atoms with E-state index in [1.165, 1.54) is 20.1 Å². The number of ether oxygens (including phenoxy) is 2. The predicted octanol–water partition coefficient (Wildman–Crippen LogP) is 2.81. The monoisotopic (exact) mass is 256 g/mol. The molecule has 0 fully saturated rings. The maximum Gasteiger partial charge on any atom is 0.310 e. The normalized spacial score (nSPS) is 12.3. The third-order valence-electron chi connectivity index (χ3n) is 2.48. The van der Waals surface area contributed by atoms with E-state index >= 15 is 0 Å². The summed E-state index contributed by atoms with van der Waals surface area (Å²) >= 11 is 0. The van der Waals surface area contributed by atoms with Gasteiger partial charge in [0.15, 0.2) is 11.5 Å². The molecule has 100 valence electrons. The first-order valence-corrected chi connectivity index (χ1v) is 5.63. The molecule has 1 N–H and O–H groups in total. The van der Waals surface area contributed by atoms with E-state index in [0.717, 1.165) is 6.07 Å². The van der Waals surface area contributed by atoms with Crippen molar-refractivity contribution in [1.29, 1.82) is 0 Å². The Hall–Kier alpha value is -1.78. The van der Waals surface area contributed by atoms with Crippen molar-refractivity contribution in [2.45, 2.75) is 32.8 Å². The number of halogens is 1. The van der Waals surface area contributed by atoms with Crippen molar-refractivity contribution in [1.82, 2.24) is 0 Å². The molecule has 0 aliphatic heterocycles. The SMILES string of the molecule is COc1cc(F)c(C(C)C(=O)O)cc1OC(C)C. The third-order valence-corrected chi connectivity index (χ3v) is 2.48. The number of aliphatic carboxylic acids is 1. The Morgan fingerprint density at radius 2 is 1.89 bits per heavy atom. The lowest BCUT2D eigenvalue weighted by atomic mass is 10.00. The van der Waals surface area contributed by atoms with Gasteiger partial charge in [-0.3, -0.25) is 4.79 Å². The van der Waals surface area contributed by atoms with Gasteiger partial charge in [0.25, 0.3) is 0 Å². The molecule has 0 aromatic heterocycles. The lowest BCUT2D eigenvalue weighted by molar-refractivity contribution is -0.138. The molecule has 0 saturated carbocycles. The van der Waals surface area contributed by atoms with E-state index in [-0.39, 0.29) is 17.4 Å². The second-order valence-electron chi connectivity index (χ2n) is 4.25. The van der Waals surface area contributed by atoms with Crippen molar-refractivity contribution in [3.63, 3.8) is 0 Å². The molecule has 0 radical (unpaired) electrons. The van der Waals surface area contributed by atoms with Crippen molar-refractivity contribution >= 4 is 5.97 Å². The molecule has 1 unspecified atom stereocenters. The third kappa shape index (κ3) is 3.12. The summed E-state index contributed by atoms with van der Waals surface area (Å²) < 4.78 is 24.3. The first kappa shape index (κ1) is 14.3. The summed E-state index contributed by atoms with van der Waals surface area (Å²) in [4.78, 5) is 10.9. The minimum absolute atomic E-state index is 0.0824. The van der Waals surface area contributed by atoms with E-state index in [1.54, 1.807) is 0 Å². The van der Waals surface area contributed by atoms with Gasteiger partial charge >= 0.3 is 5.97 Å². The number of hydrogen-bond donors (Lipinski definition) is 1. The number of carbonyl (C=O) groups is 1. The van der Waals surface area contributed by atoms with Crippen LogP contribution in [0.5, 0.6) is 11.5 Å². The van der Waals surface area contributed by atoms with Crippen LogP contribution in [-0.4, -0.2) is 24.3 Å². The van der Waals surface area contributed by atoms with Gasteiger partial charge in [0.2, 0.25) is 0 Å². The standard InChI is InChI=1S/C13H17FO4/c1-7(2)18-12-5-9(8(3)13(15)16)10(14)6-11(12)17-4/h5-8H,1-4H3,(H,15,16). The van der Waals surface area contributed by atoms with Crippen molar-refractivity contribution < 1.29 is 23.8 Å². The van der Waals surface area contributed by atoms with Gasteiger partial charge in [-0.15, -0.1) is 0 Å². The zero-order valence-electron chi connectivity index (χ0n) is 10.9. The first-order chi connectivity index (χ1) is 8.36. The van der Waals surface area contributed by atoms with Crippen LogP contribution in [-0.2, 0) is 4.79 Å². The molecule has 5 heteroatoms. The summed E-state index contributed by atoms with van der Waals surface area (Å²) in [5.74, 6) is -2.04. The Balaban J connectivity index is 3.24. The van der Waals surface area contributed by atoms with Gasteiger partial charge in [-0.2, -0.15) is 0 Å². The molecular weight excluding hydrogens is 239 g/mol. The Kier molecular flexibility index (Phi) is 4.53. The molecule has 0 saturated heterocycles. The summed E-state index contributed by atoms with van der Waals surface area (Å²) in [6, 6.07) is 2.53. The maximum atomic E-state index is 13.8. The Labute approximate surface area is 105 Å². The van der Waals surface area contributed by atoms with Crippen LogP contribution in [0, 0.1) is 5.82 Å². The van der Waals surface area contributed by atoms with Crippen molar-refractivity contribution in [3.05, 3.63) is 23.5 Å².